The minimum absolute atomic E-state index is 0.150. The zero-order valence-electron chi connectivity index (χ0n) is 13.9. The van der Waals surface area contributed by atoms with Crippen LogP contribution >= 0.6 is 11.8 Å². The minimum Gasteiger partial charge on any atom is -0.311 e. The molecule has 0 atom stereocenters. The van der Waals surface area contributed by atoms with Gasteiger partial charge in [0, 0.05) is 25.2 Å². The monoisotopic (exact) mass is 359 g/mol. The van der Waals surface area contributed by atoms with Crippen molar-refractivity contribution in [1.82, 2.24) is 14.8 Å². The number of halogens is 1. The summed E-state index contributed by atoms with van der Waals surface area (Å²) in [5.74, 6) is 1.13. The van der Waals surface area contributed by atoms with Crippen molar-refractivity contribution in [3.05, 3.63) is 35.9 Å². The van der Waals surface area contributed by atoms with Crippen LogP contribution in [0.2, 0.25) is 0 Å². The van der Waals surface area contributed by atoms with Gasteiger partial charge in [0.05, 0.1) is 18.2 Å². The summed E-state index contributed by atoms with van der Waals surface area (Å²) < 4.78 is 15.0. The van der Waals surface area contributed by atoms with Gasteiger partial charge in [0.2, 0.25) is 5.91 Å². The number of carbonyl (C=O) groups excluding carboxylic acids is 1. The zero-order chi connectivity index (χ0) is 17.8. The number of nitrogens with zero attached hydrogens (tertiary/aromatic N) is 5. The standard InChI is InChI=1S/C17H18FN5OS/c1-22-16(12-3-4-12)20-21-17(22)25-11-15(24)23(10-2-9-19)14-7-5-13(18)6-8-14/h5-8,12H,2-4,10-11H2,1H3. The lowest BCUT2D eigenvalue weighted by Crippen LogP contribution is -2.33. The first kappa shape index (κ1) is 17.4. The first-order valence-electron chi connectivity index (χ1n) is 8.05. The van der Waals surface area contributed by atoms with E-state index in [1.165, 1.54) is 28.8 Å². The summed E-state index contributed by atoms with van der Waals surface area (Å²) in [6.07, 6.45) is 2.49. The Hall–Kier alpha value is -2.40. The molecule has 3 rings (SSSR count). The molecule has 25 heavy (non-hydrogen) atoms. The molecule has 6 nitrogen and oxygen atoms in total. The molecular formula is C17H18FN5OS. The van der Waals surface area contributed by atoms with E-state index in [2.05, 4.69) is 10.2 Å². The number of hydrogen-bond donors (Lipinski definition) is 0. The molecule has 0 unspecified atom stereocenters. The first-order chi connectivity index (χ1) is 12.1. The van der Waals surface area contributed by atoms with Crippen molar-refractivity contribution >= 4 is 23.4 Å². The van der Waals surface area contributed by atoms with Crippen LogP contribution in [0.4, 0.5) is 10.1 Å². The van der Waals surface area contributed by atoms with Crippen LogP contribution in [0.1, 0.15) is 31.0 Å². The predicted molar refractivity (Wildman–Crippen MR) is 92.7 cm³/mol. The fourth-order valence-corrected chi connectivity index (χ4v) is 3.33. The topological polar surface area (TPSA) is 74.8 Å². The summed E-state index contributed by atoms with van der Waals surface area (Å²) in [5, 5.41) is 17.9. The number of benzene rings is 1. The van der Waals surface area contributed by atoms with Gasteiger partial charge in [0.25, 0.3) is 0 Å². The molecule has 1 aliphatic carbocycles. The highest BCUT2D eigenvalue weighted by molar-refractivity contribution is 7.99. The van der Waals surface area contributed by atoms with Crippen LogP contribution in [0.5, 0.6) is 0 Å². The number of aromatic nitrogens is 3. The largest absolute Gasteiger partial charge is 0.311 e. The third-order valence-corrected chi connectivity index (χ3v) is 5.03. The molecule has 1 aromatic heterocycles. The normalized spacial score (nSPS) is 13.5. The van der Waals surface area contributed by atoms with Gasteiger partial charge in [-0.2, -0.15) is 5.26 Å². The van der Waals surface area contributed by atoms with Gasteiger partial charge in [-0.15, -0.1) is 10.2 Å². The highest BCUT2D eigenvalue weighted by atomic mass is 32.2. The molecule has 0 radical (unpaired) electrons. The molecule has 1 aliphatic rings. The average Bonchev–Trinajstić information content (AvgIpc) is 3.38. The Morgan fingerprint density at radius 3 is 2.76 bits per heavy atom. The number of rotatable bonds is 7. The first-order valence-corrected chi connectivity index (χ1v) is 9.03. The molecule has 8 heteroatoms. The number of nitriles is 1. The molecule has 0 aliphatic heterocycles. The molecule has 1 amide bonds. The van der Waals surface area contributed by atoms with Crippen LogP contribution < -0.4 is 4.90 Å². The second-order valence-corrected chi connectivity index (χ2v) is 6.84. The van der Waals surface area contributed by atoms with Crippen LogP contribution in [0.25, 0.3) is 0 Å². The second-order valence-electron chi connectivity index (χ2n) is 5.89. The minimum atomic E-state index is -0.363. The maximum absolute atomic E-state index is 13.1. The summed E-state index contributed by atoms with van der Waals surface area (Å²) >= 11 is 1.32. The molecule has 1 saturated carbocycles. The molecule has 2 aromatic rings. The maximum Gasteiger partial charge on any atom is 0.237 e. The van der Waals surface area contributed by atoms with Crippen LogP contribution in [0.3, 0.4) is 0 Å². The Morgan fingerprint density at radius 2 is 2.12 bits per heavy atom. The average molecular weight is 359 g/mol. The van der Waals surface area contributed by atoms with Gasteiger partial charge in [0.15, 0.2) is 5.16 Å². The highest BCUT2D eigenvalue weighted by Gasteiger charge is 2.29. The summed E-state index contributed by atoms with van der Waals surface area (Å²) in [6.45, 7) is 0.271. The van der Waals surface area contributed by atoms with Gasteiger partial charge in [0.1, 0.15) is 11.6 Å². The molecule has 130 valence electrons. The van der Waals surface area contributed by atoms with E-state index in [0.29, 0.717) is 16.8 Å². The van der Waals surface area contributed by atoms with Crippen molar-refractivity contribution < 1.29 is 9.18 Å². The Labute approximate surface area is 149 Å². The zero-order valence-corrected chi connectivity index (χ0v) is 14.7. The fraction of sp³-hybridized carbons (Fsp3) is 0.412. The summed E-state index contributed by atoms with van der Waals surface area (Å²) in [4.78, 5) is 14.1. The van der Waals surface area contributed by atoms with Gasteiger partial charge in [-0.25, -0.2) is 4.39 Å². The molecule has 0 bridgehead atoms. The van der Waals surface area contributed by atoms with E-state index in [1.807, 2.05) is 17.7 Å². The van der Waals surface area contributed by atoms with Crippen molar-refractivity contribution in [3.63, 3.8) is 0 Å². The number of thioether (sulfide) groups is 1. The lowest BCUT2D eigenvalue weighted by Gasteiger charge is -2.21. The van der Waals surface area contributed by atoms with Crippen LogP contribution in [-0.2, 0) is 11.8 Å². The van der Waals surface area contributed by atoms with E-state index < -0.39 is 0 Å². The van der Waals surface area contributed by atoms with Crippen molar-refractivity contribution in [2.75, 3.05) is 17.2 Å². The van der Waals surface area contributed by atoms with Gasteiger partial charge < -0.3 is 9.47 Å². The Bertz CT molecular complexity index is 794. The second kappa shape index (κ2) is 7.66. The highest BCUT2D eigenvalue weighted by Crippen LogP contribution is 2.39. The quantitative estimate of drug-likeness (QED) is 0.711. The predicted octanol–water partition coefficient (Wildman–Crippen LogP) is 2.87. The molecule has 1 heterocycles. The lowest BCUT2D eigenvalue weighted by atomic mass is 10.2. The number of amides is 1. The number of anilines is 1. The van der Waals surface area contributed by atoms with Crippen molar-refractivity contribution in [1.29, 1.82) is 5.26 Å². The van der Waals surface area contributed by atoms with Crippen LogP contribution in [-0.4, -0.2) is 33.0 Å². The molecule has 0 saturated heterocycles. The molecule has 0 spiro atoms. The summed E-state index contributed by atoms with van der Waals surface area (Å²) in [5.41, 5.74) is 0.582. The van der Waals surface area contributed by atoms with Crippen LogP contribution in [0.15, 0.2) is 29.4 Å². The van der Waals surface area contributed by atoms with E-state index in [1.54, 1.807) is 12.1 Å². The number of carbonyl (C=O) groups is 1. The summed E-state index contributed by atoms with van der Waals surface area (Å²) in [7, 11) is 1.91. The van der Waals surface area contributed by atoms with Crippen molar-refractivity contribution in [2.24, 2.45) is 7.05 Å². The van der Waals surface area contributed by atoms with E-state index in [9.17, 15) is 9.18 Å². The van der Waals surface area contributed by atoms with Gasteiger partial charge >= 0.3 is 0 Å². The smallest absolute Gasteiger partial charge is 0.237 e. The van der Waals surface area contributed by atoms with Gasteiger partial charge in [-0.05, 0) is 37.1 Å². The van der Waals surface area contributed by atoms with E-state index in [-0.39, 0.29) is 30.4 Å². The Morgan fingerprint density at radius 1 is 1.40 bits per heavy atom. The van der Waals surface area contributed by atoms with Crippen LogP contribution in [0, 0.1) is 17.1 Å². The molecular weight excluding hydrogens is 341 g/mol. The van der Waals surface area contributed by atoms with Gasteiger partial charge in [-0.1, -0.05) is 11.8 Å². The Balaban J connectivity index is 1.67. The maximum atomic E-state index is 13.1. The summed E-state index contributed by atoms with van der Waals surface area (Å²) in [6, 6.07) is 7.74. The SMILES string of the molecule is Cn1c(SCC(=O)N(CCC#N)c2ccc(F)cc2)nnc1C1CC1. The molecule has 1 aromatic carbocycles. The van der Waals surface area contributed by atoms with E-state index in [0.717, 1.165) is 18.7 Å². The van der Waals surface area contributed by atoms with Gasteiger partial charge in [-0.3, -0.25) is 4.79 Å². The molecule has 1 fully saturated rings. The van der Waals surface area contributed by atoms with E-state index >= 15 is 0 Å². The fourth-order valence-electron chi connectivity index (χ4n) is 2.53. The third kappa shape index (κ3) is 4.17. The lowest BCUT2D eigenvalue weighted by molar-refractivity contribution is -0.116. The van der Waals surface area contributed by atoms with Crippen molar-refractivity contribution in [2.45, 2.75) is 30.3 Å². The Kier molecular flexibility index (Phi) is 5.34. The number of hydrogen-bond acceptors (Lipinski definition) is 5. The third-order valence-electron chi connectivity index (χ3n) is 4.02. The van der Waals surface area contributed by atoms with E-state index in [4.69, 9.17) is 5.26 Å². The van der Waals surface area contributed by atoms with Crippen molar-refractivity contribution in [3.8, 4) is 6.07 Å². The molecule has 0 N–H and O–H groups in total.